The number of furan rings is 1. The minimum atomic E-state index is -3.63. The van der Waals surface area contributed by atoms with E-state index in [0.717, 1.165) is 0 Å². The van der Waals surface area contributed by atoms with Crippen LogP contribution in [0.5, 0.6) is 0 Å². The van der Waals surface area contributed by atoms with Crippen molar-refractivity contribution in [2.75, 3.05) is 32.7 Å². The first-order chi connectivity index (χ1) is 9.86. The third-order valence-corrected chi connectivity index (χ3v) is 4.49. The summed E-state index contributed by atoms with van der Waals surface area (Å²) in [7, 11) is -3.63. The molecule has 9 heteroatoms. The van der Waals surface area contributed by atoms with Gasteiger partial charge in [0.25, 0.3) is 10.2 Å². The zero-order chi connectivity index (χ0) is 15.5. The van der Waals surface area contributed by atoms with Crippen molar-refractivity contribution in [2.45, 2.75) is 13.0 Å². The fourth-order valence-electron chi connectivity index (χ4n) is 2.24. The van der Waals surface area contributed by atoms with Crippen LogP contribution in [0.4, 0.5) is 0 Å². The molecule has 2 rings (SSSR count). The van der Waals surface area contributed by atoms with Crippen molar-refractivity contribution in [2.24, 2.45) is 5.14 Å². The first-order valence-electron chi connectivity index (χ1n) is 6.69. The summed E-state index contributed by atoms with van der Waals surface area (Å²) in [6, 6.07) is 3.37. The maximum Gasteiger partial charge on any atom is 0.276 e. The summed E-state index contributed by atoms with van der Waals surface area (Å²) in [5.74, 6) is 0.574. The summed E-state index contributed by atoms with van der Waals surface area (Å²) in [5.41, 5.74) is 0. The number of carbonyl (C=O) groups excluding carboxylic acids is 1. The van der Waals surface area contributed by atoms with Crippen LogP contribution in [0.3, 0.4) is 0 Å². The number of amides is 1. The Labute approximate surface area is 124 Å². The first-order valence-corrected chi connectivity index (χ1v) is 8.19. The molecule has 1 fully saturated rings. The van der Waals surface area contributed by atoms with E-state index in [1.54, 1.807) is 18.4 Å². The van der Waals surface area contributed by atoms with E-state index >= 15 is 0 Å². The molecule has 2 heterocycles. The van der Waals surface area contributed by atoms with Gasteiger partial charge in [0.2, 0.25) is 5.91 Å². The number of hydrogen-bond acceptors (Lipinski definition) is 5. The van der Waals surface area contributed by atoms with Crippen LogP contribution in [-0.2, 0) is 15.0 Å². The van der Waals surface area contributed by atoms with E-state index in [4.69, 9.17) is 9.56 Å². The van der Waals surface area contributed by atoms with Gasteiger partial charge in [-0.3, -0.25) is 9.69 Å². The fraction of sp³-hybridized carbons (Fsp3) is 0.583. The van der Waals surface area contributed by atoms with E-state index in [2.05, 4.69) is 5.32 Å². The van der Waals surface area contributed by atoms with Gasteiger partial charge in [0.15, 0.2) is 0 Å². The Morgan fingerprint density at radius 2 is 2.10 bits per heavy atom. The minimum Gasteiger partial charge on any atom is -0.467 e. The Morgan fingerprint density at radius 3 is 2.62 bits per heavy atom. The molecule has 1 aliphatic rings. The third kappa shape index (κ3) is 4.53. The summed E-state index contributed by atoms with van der Waals surface area (Å²) in [6.45, 7) is 3.65. The van der Waals surface area contributed by atoms with Gasteiger partial charge < -0.3 is 9.73 Å². The molecule has 1 amide bonds. The molecule has 1 aliphatic heterocycles. The molecule has 1 unspecified atom stereocenters. The fourth-order valence-corrected chi connectivity index (χ4v) is 2.91. The summed E-state index contributed by atoms with van der Waals surface area (Å²) in [6.07, 6.45) is 1.56. The SMILES string of the molecule is CC(NC(=O)CN1CCN(S(N)(=O)=O)CC1)c1ccco1. The molecular formula is C12H20N4O4S. The van der Waals surface area contributed by atoms with E-state index in [1.165, 1.54) is 4.31 Å². The second-order valence-corrected chi connectivity index (χ2v) is 6.57. The van der Waals surface area contributed by atoms with Gasteiger partial charge >= 0.3 is 0 Å². The average Bonchev–Trinajstić information content (AvgIpc) is 2.92. The lowest BCUT2D eigenvalue weighted by Gasteiger charge is -2.32. The Bertz CT molecular complexity index is 564. The van der Waals surface area contributed by atoms with Crippen LogP contribution < -0.4 is 10.5 Å². The average molecular weight is 316 g/mol. The van der Waals surface area contributed by atoms with Crippen LogP contribution in [0.1, 0.15) is 18.7 Å². The van der Waals surface area contributed by atoms with Gasteiger partial charge in [0, 0.05) is 26.2 Å². The normalized spacial score (nSPS) is 19.3. The topological polar surface area (TPSA) is 109 Å². The minimum absolute atomic E-state index is 0.122. The molecule has 1 aromatic heterocycles. The van der Waals surface area contributed by atoms with Crippen LogP contribution in [0.15, 0.2) is 22.8 Å². The smallest absolute Gasteiger partial charge is 0.276 e. The van der Waals surface area contributed by atoms with Crippen LogP contribution in [-0.4, -0.2) is 56.3 Å². The Morgan fingerprint density at radius 1 is 1.43 bits per heavy atom. The van der Waals surface area contributed by atoms with Gasteiger partial charge in [-0.05, 0) is 19.1 Å². The molecule has 3 N–H and O–H groups in total. The molecule has 1 aromatic rings. The van der Waals surface area contributed by atoms with E-state index in [1.807, 2.05) is 11.8 Å². The van der Waals surface area contributed by atoms with Crippen LogP contribution >= 0.6 is 0 Å². The van der Waals surface area contributed by atoms with Gasteiger partial charge in [-0.2, -0.15) is 12.7 Å². The lowest BCUT2D eigenvalue weighted by atomic mass is 10.2. The number of rotatable bonds is 5. The molecule has 1 atom stereocenters. The maximum absolute atomic E-state index is 11.9. The highest BCUT2D eigenvalue weighted by molar-refractivity contribution is 7.86. The van der Waals surface area contributed by atoms with Crippen molar-refractivity contribution in [1.82, 2.24) is 14.5 Å². The van der Waals surface area contributed by atoms with Crippen LogP contribution in [0, 0.1) is 0 Å². The van der Waals surface area contributed by atoms with Crippen molar-refractivity contribution >= 4 is 16.1 Å². The number of nitrogens with zero attached hydrogens (tertiary/aromatic N) is 2. The monoisotopic (exact) mass is 316 g/mol. The highest BCUT2D eigenvalue weighted by atomic mass is 32.2. The predicted molar refractivity (Wildman–Crippen MR) is 76.4 cm³/mol. The predicted octanol–water partition coefficient (Wildman–Crippen LogP) is -0.722. The van der Waals surface area contributed by atoms with Crippen molar-refractivity contribution < 1.29 is 17.6 Å². The molecule has 0 bridgehead atoms. The second-order valence-electron chi connectivity index (χ2n) is 5.02. The van der Waals surface area contributed by atoms with E-state index in [0.29, 0.717) is 31.9 Å². The maximum atomic E-state index is 11.9. The van der Waals surface area contributed by atoms with Gasteiger partial charge in [0.1, 0.15) is 5.76 Å². The summed E-state index contributed by atoms with van der Waals surface area (Å²) < 4.78 is 28.8. The summed E-state index contributed by atoms with van der Waals surface area (Å²) >= 11 is 0. The molecule has 0 radical (unpaired) electrons. The lowest BCUT2D eigenvalue weighted by molar-refractivity contribution is -0.123. The second kappa shape index (κ2) is 6.56. The highest BCUT2D eigenvalue weighted by Crippen LogP contribution is 2.12. The largest absolute Gasteiger partial charge is 0.467 e. The van der Waals surface area contributed by atoms with E-state index in [-0.39, 0.29) is 18.5 Å². The zero-order valence-electron chi connectivity index (χ0n) is 11.9. The van der Waals surface area contributed by atoms with E-state index in [9.17, 15) is 13.2 Å². The molecule has 21 heavy (non-hydrogen) atoms. The van der Waals surface area contributed by atoms with Crippen molar-refractivity contribution in [3.05, 3.63) is 24.2 Å². The molecular weight excluding hydrogens is 296 g/mol. The van der Waals surface area contributed by atoms with Gasteiger partial charge in [-0.25, -0.2) is 5.14 Å². The number of piperazine rings is 1. The Hall–Kier alpha value is -1.42. The molecule has 0 spiro atoms. The van der Waals surface area contributed by atoms with Crippen molar-refractivity contribution in [3.8, 4) is 0 Å². The number of nitrogens with two attached hydrogens (primary N) is 1. The van der Waals surface area contributed by atoms with Crippen molar-refractivity contribution in [3.63, 3.8) is 0 Å². The molecule has 1 saturated heterocycles. The number of nitrogens with one attached hydrogen (secondary N) is 1. The number of hydrogen-bond donors (Lipinski definition) is 2. The lowest BCUT2D eigenvalue weighted by Crippen LogP contribution is -2.52. The van der Waals surface area contributed by atoms with Gasteiger partial charge in [-0.1, -0.05) is 0 Å². The summed E-state index contributed by atoms with van der Waals surface area (Å²) in [4.78, 5) is 13.8. The van der Waals surface area contributed by atoms with Gasteiger partial charge in [-0.15, -0.1) is 0 Å². The van der Waals surface area contributed by atoms with Crippen LogP contribution in [0.2, 0.25) is 0 Å². The zero-order valence-corrected chi connectivity index (χ0v) is 12.7. The summed E-state index contributed by atoms with van der Waals surface area (Å²) in [5, 5.41) is 7.91. The Balaban J connectivity index is 1.77. The molecule has 118 valence electrons. The molecule has 0 saturated carbocycles. The standard InChI is InChI=1S/C12H20N4O4S/c1-10(11-3-2-8-20-11)14-12(17)9-15-4-6-16(7-5-15)21(13,18)19/h2-3,8,10H,4-7,9H2,1H3,(H,14,17)(H2,13,18,19). The van der Waals surface area contributed by atoms with Crippen LogP contribution in [0.25, 0.3) is 0 Å². The molecule has 8 nitrogen and oxygen atoms in total. The van der Waals surface area contributed by atoms with E-state index < -0.39 is 10.2 Å². The highest BCUT2D eigenvalue weighted by Gasteiger charge is 2.25. The van der Waals surface area contributed by atoms with Crippen molar-refractivity contribution in [1.29, 1.82) is 0 Å². The molecule has 0 aromatic carbocycles. The number of carbonyl (C=O) groups is 1. The first kappa shape index (κ1) is 16.0. The quantitative estimate of drug-likeness (QED) is 0.745. The third-order valence-electron chi connectivity index (χ3n) is 3.41. The van der Waals surface area contributed by atoms with Gasteiger partial charge in [0.05, 0.1) is 18.8 Å². The molecule has 0 aliphatic carbocycles. The Kier molecular flexibility index (Phi) is 4.99.